The van der Waals surface area contributed by atoms with Gasteiger partial charge in [-0.2, -0.15) is 0 Å². The molecule has 28 heavy (non-hydrogen) atoms. The molecule has 1 saturated heterocycles. The molecule has 1 aliphatic rings. The number of halogens is 2. The first kappa shape index (κ1) is 19.2. The molecule has 0 aliphatic carbocycles. The molecule has 4 rings (SSSR count). The lowest BCUT2D eigenvalue weighted by atomic mass is 9.98. The zero-order valence-corrected chi connectivity index (χ0v) is 17.0. The zero-order chi connectivity index (χ0) is 19.9. The number of aromatic nitrogens is 1. The number of pyridine rings is 1. The van der Waals surface area contributed by atoms with Gasteiger partial charge in [0.15, 0.2) is 0 Å². The van der Waals surface area contributed by atoms with Crippen LogP contribution in [0.4, 0.5) is 10.1 Å². The van der Waals surface area contributed by atoms with Crippen LogP contribution in [-0.2, 0) is 9.84 Å². The van der Waals surface area contributed by atoms with Crippen LogP contribution < -0.4 is 4.90 Å². The van der Waals surface area contributed by atoms with Crippen molar-refractivity contribution in [2.45, 2.75) is 29.6 Å². The van der Waals surface area contributed by atoms with Crippen molar-refractivity contribution in [1.29, 1.82) is 0 Å². The molecule has 1 aromatic heterocycles. The molecular formula is C21H20ClFN2O2S. The minimum Gasteiger partial charge on any atom is -0.370 e. The number of anilines is 1. The zero-order valence-electron chi connectivity index (χ0n) is 15.4. The number of hydrogen-bond acceptors (Lipinski definition) is 4. The normalized spacial score (nSPS) is 15.9. The molecular weight excluding hydrogens is 399 g/mol. The van der Waals surface area contributed by atoms with Gasteiger partial charge in [-0.1, -0.05) is 18.5 Å². The standard InChI is InChI=1S/C21H20ClFN2O2S/c1-14-8-10-25(11-9-14)21-18-12-16(23)4-7-19(18)24-13-20(21)28(26,27)17-5-2-15(22)3-6-17/h2-7,12-14H,8-11H2,1H3. The van der Waals surface area contributed by atoms with Gasteiger partial charge >= 0.3 is 0 Å². The highest BCUT2D eigenvalue weighted by atomic mass is 35.5. The van der Waals surface area contributed by atoms with Crippen molar-refractivity contribution in [3.63, 3.8) is 0 Å². The molecule has 0 spiro atoms. The average molecular weight is 419 g/mol. The van der Waals surface area contributed by atoms with Crippen molar-refractivity contribution in [2.75, 3.05) is 18.0 Å². The Balaban J connectivity index is 1.95. The molecule has 1 fully saturated rings. The largest absolute Gasteiger partial charge is 0.370 e. The third-order valence-electron chi connectivity index (χ3n) is 5.28. The van der Waals surface area contributed by atoms with Crippen LogP contribution >= 0.6 is 11.6 Å². The second kappa shape index (κ2) is 7.33. The molecule has 2 heterocycles. The highest BCUT2D eigenvalue weighted by Gasteiger charge is 2.28. The minimum absolute atomic E-state index is 0.0995. The van der Waals surface area contributed by atoms with Crippen molar-refractivity contribution in [3.8, 4) is 0 Å². The Kier molecular flexibility index (Phi) is 5.02. The number of rotatable bonds is 3. The lowest BCUT2D eigenvalue weighted by molar-refractivity contribution is 0.437. The summed E-state index contributed by atoms with van der Waals surface area (Å²) in [4.78, 5) is 6.59. The molecule has 146 valence electrons. The van der Waals surface area contributed by atoms with E-state index in [2.05, 4.69) is 11.9 Å². The summed E-state index contributed by atoms with van der Waals surface area (Å²) < 4.78 is 40.8. The number of benzene rings is 2. The van der Waals surface area contributed by atoms with E-state index < -0.39 is 15.7 Å². The van der Waals surface area contributed by atoms with Crippen LogP contribution in [0.5, 0.6) is 0 Å². The van der Waals surface area contributed by atoms with E-state index in [4.69, 9.17) is 11.6 Å². The maximum atomic E-state index is 14.0. The van der Waals surface area contributed by atoms with E-state index in [1.165, 1.54) is 30.5 Å². The van der Waals surface area contributed by atoms with Crippen LogP contribution in [-0.4, -0.2) is 26.5 Å². The van der Waals surface area contributed by atoms with Gasteiger partial charge in [-0.3, -0.25) is 4.98 Å². The maximum absolute atomic E-state index is 14.0. The predicted molar refractivity (Wildman–Crippen MR) is 109 cm³/mol. The fourth-order valence-corrected chi connectivity index (χ4v) is 5.19. The smallest absolute Gasteiger partial charge is 0.210 e. The third kappa shape index (κ3) is 3.47. The van der Waals surface area contributed by atoms with Gasteiger partial charge < -0.3 is 4.90 Å². The van der Waals surface area contributed by atoms with Gasteiger partial charge in [-0.05, 0) is 61.2 Å². The molecule has 2 aromatic carbocycles. The van der Waals surface area contributed by atoms with Crippen molar-refractivity contribution >= 4 is 38.0 Å². The molecule has 0 N–H and O–H groups in total. The minimum atomic E-state index is -3.84. The van der Waals surface area contributed by atoms with Crippen molar-refractivity contribution < 1.29 is 12.8 Å². The van der Waals surface area contributed by atoms with Crippen LogP contribution in [0, 0.1) is 11.7 Å². The second-order valence-corrected chi connectivity index (χ2v) is 9.61. The van der Waals surface area contributed by atoms with E-state index >= 15 is 0 Å². The average Bonchev–Trinajstić information content (AvgIpc) is 2.68. The molecule has 4 nitrogen and oxygen atoms in total. The summed E-state index contributed by atoms with van der Waals surface area (Å²) in [6.07, 6.45) is 3.30. The molecule has 0 radical (unpaired) electrons. The molecule has 0 atom stereocenters. The van der Waals surface area contributed by atoms with E-state index in [9.17, 15) is 12.8 Å². The van der Waals surface area contributed by atoms with E-state index in [0.717, 1.165) is 25.9 Å². The Morgan fingerprint density at radius 2 is 1.79 bits per heavy atom. The summed E-state index contributed by atoms with van der Waals surface area (Å²) >= 11 is 5.91. The highest BCUT2D eigenvalue weighted by molar-refractivity contribution is 7.91. The Morgan fingerprint density at radius 1 is 1.11 bits per heavy atom. The van der Waals surface area contributed by atoms with Gasteiger partial charge in [0.05, 0.1) is 16.1 Å². The molecule has 1 aliphatic heterocycles. The van der Waals surface area contributed by atoms with Gasteiger partial charge in [-0.15, -0.1) is 0 Å². The quantitative estimate of drug-likeness (QED) is 0.594. The third-order valence-corrected chi connectivity index (χ3v) is 7.30. The Bertz CT molecular complexity index is 1130. The summed E-state index contributed by atoms with van der Waals surface area (Å²) in [6, 6.07) is 10.3. The molecule has 0 bridgehead atoms. The monoisotopic (exact) mass is 418 g/mol. The van der Waals surface area contributed by atoms with Gasteiger partial charge in [0.1, 0.15) is 10.7 Å². The molecule has 0 unspecified atom stereocenters. The lowest BCUT2D eigenvalue weighted by Gasteiger charge is -2.34. The first-order chi connectivity index (χ1) is 13.4. The van der Waals surface area contributed by atoms with Crippen LogP contribution in [0.3, 0.4) is 0 Å². The summed E-state index contributed by atoms with van der Waals surface area (Å²) in [5.41, 5.74) is 1.11. The number of nitrogens with zero attached hydrogens (tertiary/aromatic N) is 2. The topological polar surface area (TPSA) is 50.3 Å². The van der Waals surface area contributed by atoms with Crippen LogP contribution in [0.15, 0.2) is 58.5 Å². The predicted octanol–water partition coefficient (Wildman–Crippen LogP) is 5.10. The van der Waals surface area contributed by atoms with Gasteiger partial charge in [0.2, 0.25) is 9.84 Å². The fourth-order valence-electron chi connectivity index (χ4n) is 3.63. The Morgan fingerprint density at radius 3 is 2.46 bits per heavy atom. The molecule has 0 saturated carbocycles. The van der Waals surface area contributed by atoms with Crippen LogP contribution in [0.2, 0.25) is 5.02 Å². The van der Waals surface area contributed by atoms with Crippen molar-refractivity contribution in [1.82, 2.24) is 4.98 Å². The molecule has 3 aromatic rings. The van der Waals surface area contributed by atoms with Gasteiger partial charge in [-0.25, -0.2) is 12.8 Å². The summed E-state index contributed by atoms with van der Waals surface area (Å²) in [5.74, 6) is 0.166. The second-order valence-electron chi connectivity index (χ2n) is 7.26. The van der Waals surface area contributed by atoms with Crippen molar-refractivity contribution in [2.24, 2.45) is 5.92 Å². The number of sulfone groups is 1. The fraction of sp³-hybridized carbons (Fsp3) is 0.286. The van der Waals surface area contributed by atoms with Gasteiger partial charge in [0, 0.05) is 29.7 Å². The number of fused-ring (bicyclic) bond motifs is 1. The van der Waals surface area contributed by atoms with E-state index in [0.29, 0.717) is 27.5 Å². The van der Waals surface area contributed by atoms with Crippen LogP contribution in [0.25, 0.3) is 10.9 Å². The molecule has 0 amide bonds. The molecule has 7 heteroatoms. The van der Waals surface area contributed by atoms with E-state index in [1.54, 1.807) is 18.2 Å². The first-order valence-electron chi connectivity index (χ1n) is 9.20. The Hall–Kier alpha value is -2.18. The van der Waals surface area contributed by atoms with Crippen LogP contribution in [0.1, 0.15) is 19.8 Å². The van der Waals surface area contributed by atoms with E-state index in [1.807, 2.05) is 4.90 Å². The first-order valence-corrected chi connectivity index (χ1v) is 11.1. The van der Waals surface area contributed by atoms with Crippen molar-refractivity contribution in [3.05, 3.63) is 59.5 Å². The maximum Gasteiger partial charge on any atom is 0.210 e. The lowest BCUT2D eigenvalue weighted by Crippen LogP contribution is -2.34. The summed E-state index contributed by atoms with van der Waals surface area (Å²) in [7, 11) is -3.84. The Labute approximate surface area is 168 Å². The summed E-state index contributed by atoms with van der Waals surface area (Å²) in [6.45, 7) is 3.63. The van der Waals surface area contributed by atoms with Gasteiger partial charge in [0.25, 0.3) is 0 Å². The number of hydrogen-bond donors (Lipinski definition) is 0. The number of piperidine rings is 1. The summed E-state index contributed by atoms with van der Waals surface area (Å²) in [5, 5.41) is 0.979. The SMILES string of the molecule is CC1CCN(c2c(S(=O)(=O)c3ccc(Cl)cc3)cnc3ccc(F)cc23)CC1. The highest BCUT2D eigenvalue weighted by Crippen LogP contribution is 2.38. The van der Waals surface area contributed by atoms with E-state index in [-0.39, 0.29) is 9.79 Å².